The van der Waals surface area contributed by atoms with Gasteiger partial charge in [0.25, 0.3) is 11.8 Å². The highest BCUT2D eigenvalue weighted by atomic mass is 35.5. The highest BCUT2D eigenvalue weighted by Crippen LogP contribution is 2.04. The standard InChI is InChI=1S/C12H14Cl2N2O6/c13-11(19)21-7-5-15(6-8-22-12(14)20)3-4-16-9(17)1-2-10(16)18/h1-2H,3-8H2. The number of halogens is 2. The Morgan fingerprint density at radius 2 is 1.41 bits per heavy atom. The van der Waals surface area contributed by atoms with Crippen LogP contribution in [0.5, 0.6) is 0 Å². The Balaban J connectivity index is 2.41. The van der Waals surface area contributed by atoms with E-state index in [4.69, 9.17) is 23.2 Å². The zero-order chi connectivity index (χ0) is 16.5. The van der Waals surface area contributed by atoms with Gasteiger partial charge in [-0.1, -0.05) is 0 Å². The molecule has 1 aliphatic rings. The third-order valence-electron chi connectivity index (χ3n) is 2.79. The zero-order valence-corrected chi connectivity index (χ0v) is 13.0. The lowest BCUT2D eigenvalue weighted by Crippen LogP contribution is -2.40. The van der Waals surface area contributed by atoms with Crippen LogP contribution in [0.2, 0.25) is 0 Å². The summed E-state index contributed by atoms with van der Waals surface area (Å²) < 4.78 is 9.21. The fourth-order valence-electron chi connectivity index (χ4n) is 1.74. The summed E-state index contributed by atoms with van der Waals surface area (Å²) in [5.41, 5.74) is -1.86. The van der Waals surface area contributed by atoms with Crippen LogP contribution in [0.1, 0.15) is 0 Å². The van der Waals surface area contributed by atoms with Crippen LogP contribution in [0.15, 0.2) is 12.2 Å². The first kappa shape index (κ1) is 18.4. The number of nitrogens with zero attached hydrogens (tertiary/aromatic N) is 2. The van der Waals surface area contributed by atoms with Crippen molar-refractivity contribution in [2.24, 2.45) is 0 Å². The summed E-state index contributed by atoms with van der Waals surface area (Å²) in [5, 5.41) is 0. The van der Waals surface area contributed by atoms with Crippen LogP contribution in [0, 0.1) is 0 Å². The van der Waals surface area contributed by atoms with Crippen molar-refractivity contribution in [3.05, 3.63) is 12.2 Å². The van der Waals surface area contributed by atoms with Gasteiger partial charge in [-0.3, -0.25) is 19.4 Å². The molecule has 0 saturated carbocycles. The van der Waals surface area contributed by atoms with Crippen LogP contribution >= 0.6 is 23.2 Å². The Morgan fingerprint density at radius 3 is 1.82 bits per heavy atom. The van der Waals surface area contributed by atoms with E-state index in [1.807, 2.05) is 0 Å². The molecular weight excluding hydrogens is 339 g/mol. The molecule has 1 rings (SSSR count). The molecule has 8 nitrogen and oxygen atoms in total. The van der Waals surface area contributed by atoms with Crippen LogP contribution in [0.3, 0.4) is 0 Å². The van der Waals surface area contributed by atoms with Gasteiger partial charge in [0.05, 0.1) is 0 Å². The number of amides is 2. The molecule has 2 amide bonds. The van der Waals surface area contributed by atoms with Crippen molar-refractivity contribution in [1.29, 1.82) is 0 Å². The van der Waals surface area contributed by atoms with E-state index in [9.17, 15) is 19.2 Å². The highest BCUT2D eigenvalue weighted by Gasteiger charge is 2.23. The Hall–Kier alpha value is -1.64. The predicted octanol–water partition coefficient (Wildman–Crippen LogP) is 0.964. The minimum absolute atomic E-state index is 0.0251. The smallest absolute Gasteiger partial charge is 0.403 e. The first-order valence-electron chi connectivity index (χ1n) is 6.30. The molecule has 0 aliphatic carbocycles. The summed E-state index contributed by atoms with van der Waals surface area (Å²) in [6.45, 7) is 1.12. The molecule has 0 atom stereocenters. The lowest BCUT2D eigenvalue weighted by Gasteiger charge is -2.24. The van der Waals surface area contributed by atoms with Crippen LogP contribution in [0.4, 0.5) is 9.59 Å². The molecule has 22 heavy (non-hydrogen) atoms. The molecule has 0 fully saturated rings. The fourth-order valence-corrected chi connectivity index (χ4v) is 1.89. The second-order valence-corrected chi connectivity index (χ2v) is 4.79. The van der Waals surface area contributed by atoms with Gasteiger partial charge in [0, 0.05) is 61.5 Å². The van der Waals surface area contributed by atoms with Crippen molar-refractivity contribution in [1.82, 2.24) is 9.80 Å². The van der Waals surface area contributed by atoms with Gasteiger partial charge < -0.3 is 9.47 Å². The Labute approximate surface area is 136 Å². The molecular formula is C12H14Cl2N2O6. The molecule has 0 spiro atoms. The normalized spacial score (nSPS) is 13.9. The fraction of sp³-hybridized carbons (Fsp3) is 0.500. The monoisotopic (exact) mass is 352 g/mol. The maximum atomic E-state index is 11.4. The number of rotatable bonds is 9. The second kappa shape index (κ2) is 9.39. The van der Waals surface area contributed by atoms with Crippen molar-refractivity contribution in [2.75, 3.05) is 39.4 Å². The summed E-state index contributed by atoms with van der Waals surface area (Å²) in [7, 11) is 0. The summed E-state index contributed by atoms with van der Waals surface area (Å²) in [5.74, 6) is -0.770. The lowest BCUT2D eigenvalue weighted by molar-refractivity contribution is -0.137. The summed E-state index contributed by atoms with van der Waals surface area (Å²) in [6, 6.07) is 0. The first-order chi connectivity index (χ1) is 10.4. The van der Waals surface area contributed by atoms with Gasteiger partial charge in [0.1, 0.15) is 13.2 Å². The van der Waals surface area contributed by atoms with Crippen molar-refractivity contribution in [3.63, 3.8) is 0 Å². The average Bonchev–Trinajstić information content (AvgIpc) is 2.74. The Morgan fingerprint density at radius 1 is 0.955 bits per heavy atom. The minimum Gasteiger partial charge on any atom is -0.452 e. The van der Waals surface area contributed by atoms with Crippen LogP contribution in [0.25, 0.3) is 0 Å². The minimum atomic E-state index is -0.929. The van der Waals surface area contributed by atoms with Crippen molar-refractivity contribution < 1.29 is 28.7 Å². The maximum Gasteiger partial charge on any atom is 0.403 e. The van der Waals surface area contributed by atoms with Gasteiger partial charge in [-0.2, -0.15) is 0 Å². The summed E-state index contributed by atoms with van der Waals surface area (Å²) in [4.78, 5) is 46.7. The van der Waals surface area contributed by atoms with E-state index in [-0.39, 0.29) is 31.6 Å². The molecule has 1 aliphatic heterocycles. The molecule has 10 heteroatoms. The number of ether oxygens (including phenoxy) is 2. The molecule has 0 aromatic heterocycles. The Bertz CT molecular complexity index is 444. The average molecular weight is 353 g/mol. The Kier molecular flexibility index (Phi) is 7.86. The largest absolute Gasteiger partial charge is 0.452 e. The number of hydrogen-bond donors (Lipinski definition) is 0. The van der Waals surface area contributed by atoms with Gasteiger partial charge in [-0.05, 0) is 0 Å². The number of imide groups is 1. The molecule has 0 bridgehead atoms. The maximum absolute atomic E-state index is 11.4. The van der Waals surface area contributed by atoms with Gasteiger partial charge in [-0.25, -0.2) is 9.59 Å². The molecule has 0 saturated heterocycles. The van der Waals surface area contributed by atoms with Crippen molar-refractivity contribution >= 4 is 45.9 Å². The summed E-state index contributed by atoms with van der Waals surface area (Å²) in [6.07, 6.45) is 2.38. The number of carbonyl (C=O) groups excluding carboxylic acids is 4. The predicted molar refractivity (Wildman–Crippen MR) is 76.7 cm³/mol. The lowest BCUT2D eigenvalue weighted by atomic mass is 10.4. The van der Waals surface area contributed by atoms with Crippen molar-refractivity contribution in [2.45, 2.75) is 0 Å². The van der Waals surface area contributed by atoms with E-state index in [0.717, 1.165) is 4.90 Å². The van der Waals surface area contributed by atoms with Gasteiger partial charge >= 0.3 is 10.9 Å². The van der Waals surface area contributed by atoms with E-state index in [0.29, 0.717) is 19.6 Å². The van der Waals surface area contributed by atoms with Crippen molar-refractivity contribution in [3.8, 4) is 0 Å². The van der Waals surface area contributed by atoms with E-state index in [2.05, 4.69) is 9.47 Å². The molecule has 0 N–H and O–H groups in total. The van der Waals surface area contributed by atoms with Crippen LogP contribution in [-0.4, -0.2) is 71.9 Å². The molecule has 0 radical (unpaired) electrons. The third kappa shape index (κ3) is 6.88. The molecule has 0 aromatic carbocycles. The first-order valence-corrected chi connectivity index (χ1v) is 7.06. The van der Waals surface area contributed by atoms with E-state index < -0.39 is 10.9 Å². The van der Waals surface area contributed by atoms with Gasteiger partial charge in [0.2, 0.25) is 0 Å². The summed E-state index contributed by atoms with van der Waals surface area (Å²) >= 11 is 10.1. The second-order valence-electron chi connectivity index (χ2n) is 4.18. The van der Waals surface area contributed by atoms with Crippen LogP contribution < -0.4 is 0 Å². The van der Waals surface area contributed by atoms with E-state index in [1.165, 1.54) is 12.2 Å². The molecule has 0 unspecified atom stereocenters. The SMILES string of the molecule is O=C(Cl)OCCN(CCOC(=O)Cl)CCN1C(=O)C=CC1=O. The third-order valence-corrected chi connectivity index (χ3v) is 3.00. The van der Waals surface area contributed by atoms with E-state index >= 15 is 0 Å². The van der Waals surface area contributed by atoms with Crippen LogP contribution in [-0.2, 0) is 19.1 Å². The highest BCUT2D eigenvalue weighted by molar-refractivity contribution is 6.61. The van der Waals surface area contributed by atoms with Gasteiger partial charge in [-0.15, -0.1) is 0 Å². The molecule has 122 valence electrons. The quantitative estimate of drug-likeness (QED) is 0.450. The van der Waals surface area contributed by atoms with Gasteiger partial charge in [0.15, 0.2) is 0 Å². The van der Waals surface area contributed by atoms with E-state index in [1.54, 1.807) is 4.90 Å². The number of hydrogen-bond acceptors (Lipinski definition) is 7. The zero-order valence-electron chi connectivity index (χ0n) is 11.5. The number of carbonyl (C=O) groups is 4. The molecule has 0 aromatic rings. The topological polar surface area (TPSA) is 93.2 Å². The molecule has 1 heterocycles.